The first-order chi connectivity index (χ1) is 8.15. The number of ether oxygens (including phenoxy) is 1. The summed E-state index contributed by atoms with van der Waals surface area (Å²) in [6.45, 7) is 4.46. The van der Waals surface area contributed by atoms with Crippen molar-refractivity contribution in [1.82, 2.24) is 4.90 Å². The van der Waals surface area contributed by atoms with Gasteiger partial charge in [-0.15, -0.1) is 6.58 Å². The van der Waals surface area contributed by atoms with Crippen LogP contribution in [0.4, 0.5) is 5.69 Å². The molecule has 4 nitrogen and oxygen atoms in total. The van der Waals surface area contributed by atoms with Gasteiger partial charge in [0.25, 0.3) is 0 Å². The van der Waals surface area contributed by atoms with Gasteiger partial charge in [0.05, 0.1) is 18.7 Å². The monoisotopic (exact) mass is 234 g/mol. The van der Waals surface area contributed by atoms with E-state index in [2.05, 4.69) is 6.58 Å². The molecule has 0 aliphatic rings. The van der Waals surface area contributed by atoms with Crippen LogP contribution in [0, 0.1) is 0 Å². The highest BCUT2D eigenvalue weighted by molar-refractivity contribution is 5.76. The second-order valence-corrected chi connectivity index (χ2v) is 3.70. The lowest BCUT2D eigenvalue weighted by molar-refractivity contribution is -0.129. The Bertz CT molecular complexity index is 391. The molecule has 2 N–H and O–H groups in total. The predicted octanol–water partition coefficient (Wildman–Crippen LogP) is 1.68. The van der Waals surface area contributed by atoms with E-state index in [1.54, 1.807) is 30.2 Å². The van der Waals surface area contributed by atoms with Crippen molar-refractivity contribution in [2.45, 2.75) is 6.42 Å². The van der Waals surface area contributed by atoms with E-state index in [0.29, 0.717) is 31.0 Å². The molecule has 1 rings (SSSR count). The molecule has 0 bridgehead atoms. The van der Waals surface area contributed by atoms with Crippen LogP contribution in [0.15, 0.2) is 36.9 Å². The van der Waals surface area contributed by atoms with Crippen LogP contribution in [0.2, 0.25) is 0 Å². The Balaban J connectivity index is 2.35. The molecule has 0 radical (unpaired) electrons. The summed E-state index contributed by atoms with van der Waals surface area (Å²) in [6, 6.07) is 7.23. The van der Waals surface area contributed by atoms with Gasteiger partial charge in [-0.3, -0.25) is 4.79 Å². The molecule has 0 saturated heterocycles. The molecule has 0 spiro atoms. The number of benzene rings is 1. The van der Waals surface area contributed by atoms with E-state index in [4.69, 9.17) is 10.5 Å². The number of para-hydroxylation sites is 2. The minimum absolute atomic E-state index is 0.0272. The van der Waals surface area contributed by atoms with Crippen molar-refractivity contribution in [3.8, 4) is 5.75 Å². The number of hydrogen-bond donors (Lipinski definition) is 1. The van der Waals surface area contributed by atoms with E-state index in [1.807, 2.05) is 12.1 Å². The van der Waals surface area contributed by atoms with E-state index in [1.165, 1.54) is 0 Å². The third-order valence-corrected chi connectivity index (χ3v) is 2.32. The Hall–Kier alpha value is -1.97. The Kier molecular flexibility index (Phi) is 5.07. The first kappa shape index (κ1) is 13.1. The summed E-state index contributed by atoms with van der Waals surface area (Å²) in [5, 5.41) is 0. The van der Waals surface area contributed by atoms with Gasteiger partial charge in [0.2, 0.25) is 5.91 Å². The summed E-state index contributed by atoms with van der Waals surface area (Å²) in [4.78, 5) is 13.2. The van der Waals surface area contributed by atoms with Gasteiger partial charge in [-0.25, -0.2) is 0 Å². The van der Waals surface area contributed by atoms with Gasteiger partial charge >= 0.3 is 0 Å². The molecule has 0 aliphatic carbocycles. The number of anilines is 1. The highest BCUT2D eigenvalue weighted by Crippen LogP contribution is 2.19. The number of hydrogen-bond acceptors (Lipinski definition) is 3. The van der Waals surface area contributed by atoms with Crippen molar-refractivity contribution >= 4 is 11.6 Å². The second-order valence-electron chi connectivity index (χ2n) is 3.70. The van der Waals surface area contributed by atoms with Crippen molar-refractivity contribution < 1.29 is 9.53 Å². The van der Waals surface area contributed by atoms with Gasteiger partial charge in [-0.05, 0) is 12.1 Å². The molecule has 0 heterocycles. The third-order valence-electron chi connectivity index (χ3n) is 2.32. The van der Waals surface area contributed by atoms with Gasteiger partial charge in [0.15, 0.2) is 0 Å². The van der Waals surface area contributed by atoms with Gasteiger partial charge in [0, 0.05) is 13.6 Å². The molecule has 0 unspecified atom stereocenters. The smallest absolute Gasteiger partial charge is 0.226 e. The first-order valence-corrected chi connectivity index (χ1v) is 5.47. The molecule has 0 aliphatic heterocycles. The minimum Gasteiger partial charge on any atom is -0.491 e. The Morgan fingerprint density at radius 3 is 2.88 bits per heavy atom. The normalized spacial score (nSPS) is 9.71. The zero-order valence-electron chi connectivity index (χ0n) is 10.1. The van der Waals surface area contributed by atoms with Gasteiger partial charge < -0.3 is 15.4 Å². The summed E-state index contributed by atoms with van der Waals surface area (Å²) in [7, 11) is 1.74. The number of rotatable bonds is 6. The summed E-state index contributed by atoms with van der Waals surface area (Å²) < 4.78 is 5.44. The Labute approximate surface area is 102 Å². The molecule has 0 atom stereocenters. The quantitative estimate of drug-likeness (QED) is 0.602. The molecular weight excluding hydrogens is 216 g/mol. The van der Waals surface area contributed by atoms with Gasteiger partial charge in [0.1, 0.15) is 5.75 Å². The molecular formula is C13H18N2O2. The van der Waals surface area contributed by atoms with E-state index < -0.39 is 0 Å². The predicted molar refractivity (Wildman–Crippen MR) is 68.8 cm³/mol. The maximum Gasteiger partial charge on any atom is 0.226 e. The summed E-state index contributed by atoms with van der Waals surface area (Å²) in [5.74, 6) is 0.645. The average Bonchev–Trinajstić information content (AvgIpc) is 2.31. The van der Waals surface area contributed by atoms with Crippen LogP contribution >= 0.6 is 0 Å². The van der Waals surface area contributed by atoms with E-state index in [0.717, 1.165) is 0 Å². The van der Waals surface area contributed by atoms with Crippen LogP contribution in [0.1, 0.15) is 6.42 Å². The average molecular weight is 234 g/mol. The van der Waals surface area contributed by atoms with Crippen molar-refractivity contribution in [2.75, 3.05) is 25.9 Å². The number of nitrogens with two attached hydrogens (primary N) is 1. The summed E-state index contributed by atoms with van der Waals surface area (Å²) in [6.07, 6.45) is 2.02. The molecule has 1 aromatic carbocycles. The number of amides is 1. The maximum absolute atomic E-state index is 11.6. The largest absolute Gasteiger partial charge is 0.491 e. The lowest BCUT2D eigenvalue weighted by atomic mass is 10.3. The highest BCUT2D eigenvalue weighted by Gasteiger charge is 2.07. The van der Waals surface area contributed by atoms with E-state index >= 15 is 0 Å². The van der Waals surface area contributed by atoms with Crippen LogP contribution in [0.25, 0.3) is 0 Å². The summed E-state index contributed by atoms with van der Waals surface area (Å²) in [5.41, 5.74) is 6.29. The SMILES string of the molecule is C=CCN(C)C(=O)CCOc1ccccc1N. The molecule has 4 heteroatoms. The third kappa shape index (κ3) is 4.18. The Morgan fingerprint density at radius 1 is 1.53 bits per heavy atom. The number of carbonyl (C=O) groups is 1. The Morgan fingerprint density at radius 2 is 2.24 bits per heavy atom. The standard InChI is InChI=1S/C13H18N2O2/c1-3-9-15(2)13(16)8-10-17-12-7-5-4-6-11(12)14/h3-7H,1,8-10,14H2,2H3. The van der Waals surface area contributed by atoms with Crippen molar-refractivity contribution in [3.05, 3.63) is 36.9 Å². The van der Waals surface area contributed by atoms with Crippen LogP contribution in [-0.4, -0.2) is 31.0 Å². The second kappa shape index (κ2) is 6.58. The number of carbonyl (C=O) groups excluding carboxylic acids is 1. The maximum atomic E-state index is 11.6. The molecule has 92 valence electrons. The van der Waals surface area contributed by atoms with Crippen molar-refractivity contribution in [2.24, 2.45) is 0 Å². The number of nitrogen functional groups attached to an aromatic ring is 1. The lowest BCUT2D eigenvalue weighted by Gasteiger charge is -2.15. The van der Waals surface area contributed by atoms with Crippen molar-refractivity contribution in [1.29, 1.82) is 0 Å². The molecule has 1 aromatic rings. The number of nitrogens with zero attached hydrogens (tertiary/aromatic N) is 1. The highest BCUT2D eigenvalue weighted by atomic mass is 16.5. The zero-order chi connectivity index (χ0) is 12.7. The fraction of sp³-hybridized carbons (Fsp3) is 0.308. The fourth-order valence-corrected chi connectivity index (χ4v) is 1.35. The van der Waals surface area contributed by atoms with Gasteiger partial charge in [-0.2, -0.15) is 0 Å². The first-order valence-electron chi connectivity index (χ1n) is 5.47. The van der Waals surface area contributed by atoms with Gasteiger partial charge in [-0.1, -0.05) is 18.2 Å². The summed E-state index contributed by atoms with van der Waals surface area (Å²) >= 11 is 0. The zero-order valence-corrected chi connectivity index (χ0v) is 10.1. The van der Waals surface area contributed by atoms with Crippen LogP contribution in [0.3, 0.4) is 0 Å². The van der Waals surface area contributed by atoms with Crippen LogP contribution in [0.5, 0.6) is 5.75 Å². The van der Waals surface area contributed by atoms with E-state index in [-0.39, 0.29) is 5.91 Å². The van der Waals surface area contributed by atoms with Crippen LogP contribution in [-0.2, 0) is 4.79 Å². The molecule has 1 amide bonds. The van der Waals surface area contributed by atoms with E-state index in [9.17, 15) is 4.79 Å². The fourth-order valence-electron chi connectivity index (χ4n) is 1.35. The molecule has 17 heavy (non-hydrogen) atoms. The molecule has 0 fully saturated rings. The topological polar surface area (TPSA) is 55.6 Å². The number of likely N-dealkylation sites (N-methyl/N-ethyl adjacent to an activating group) is 1. The molecule has 0 saturated carbocycles. The molecule has 0 aromatic heterocycles. The minimum atomic E-state index is 0.0272. The van der Waals surface area contributed by atoms with Crippen LogP contribution < -0.4 is 10.5 Å². The van der Waals surface area contributed by atoms with Crippen molar-refractivity contribution in [3.63, 3.8) is 0 Å². The lowest BCUT2D eigenvalue weighted by Crippen LogP contribution is -2.27.